The second kappa shape index (κ2) is 6.21. The average Bonchev–Trinajstić information content (AvgIpc) is 2.47. The van der Waals surface area contributed by atoms with Crippen molar-refractivity contribution in [2.24, 2.45) is 0 Å². The van der Waals surface area contributed by atoms with Crippen LogP contribution in [-0.2, 0) is 10.0 Å². The number of anilines is 1. The molecule has 0 saturated heterocycles. The van der Waals surface area contributed by atoms with Gasteiger partial charge in [0, 0.05) is 11.8 Å². The highest BCUT2D eigenvalue weighted by Gasteiger charge is 2.18. The van der Waals surface area contributed by atoms with E-state index in [2.05, 4.69) is 15.0 Å². The number of nitrogens with one attached hydrogen (secondary N) is 2. The lowest BCUT2D eigenvalue weighted by atomic mass is 10.2. The molecule has 1 amide bonds. The van der Waals surface area contributed by atoms with Crippen molar-refractivity contribution in [3.8, 4) is 0 Å². The number of carbonyl (C=O) groups excluding carboxylic acids is 1. The van der Waals surface area contributed by atoms with Crippen LogP contribution in [0.15, 0.2) is 47.5 Å². The molecule has 8 heteroatoms. The second-order valence-corrected chi connectivity index (χ2v) is 6.27. The van der Waals surface area contributed by atoms with E-state index in [1.807, 2.05) is 0 Å². The minimum atomic E-state index is -3.67. The Bertz CT molecular complexity index is 778. The molecule has 0 atom stereocenters. The highest BCUT2D eigenvalue weighted by atomic mass is 35.5. The van der Waals surface area contributed by atoms with E-state index in [1.165, 1.54) is 37.5 Å². The Morgan fingerprint density at radius 1 is 1.24 bits per heavy atom. The van der Waals surface area contributed by atoms with Crippen LogP contribution in [0, 0.1) is 0 Å². The molecule has 6 nitrogen and oxygen atoms in total. The lowest BCUT2D eigenvalue weighted by Gasteiger charge is -2.11. The first-order valence-corrected chi connectivity index (χ1v) is 7.75. The third-order valence-corrected chi connectivity index (χ3v) is 4.36. The topological polar surface area (TPSA) is 88.2 Å². The molecule has 2 rings (SSSR count). The summed E-state index contributed by atoms with van der Waals surface area (Å²) in [5, 5.41) is 2.73. The summed E-state index contributed by atoms with van der Waals surface area (Å²) in [5.41, 5.74) is 0.469. The number of pyridine rings is 1. The van der Waals surface area contributed by atoms with Gasteiger partial charge in [0.2, 0.25) is 10.0 Å². The zero-order valence-corrected chi connectivity index (χ0v) is 12.6. The summed E-state index contributed by atoms with van der Waals surface area (Å²) < 4.78 is 26.0. The summed E-state index contributed by atoms with van der Waals surface area (Å²) >= 11 is 5.72. The molecule has 0 aliphatic heterocycles. The van der Waals surface area contributed by atoms with Gasteiger partial charge in [-0.25, -0.2) is 18.1 Å². The number of halogens is 1. The fourth-order valence-electron chi connectivity index (χ4n) is 1.65. The number of sulfonamides is 1. The van der Waals surface area contributed by atoms with Gasteiger partial charge in [-0.15, -0.1) is 0 Å². The van der Waals surface area contributed by atoms with Gasteiger partial charge in [-0.05, 0) is 31.3 Å². The molecule has 0 bridgehead atoms. The van der Waals surface area contributed by atoms with Gasteiger partial charge in [0.15, 0.2) is 0 Å². The van der Waals surface area contributed by atoms with E-state index >= 15 is 0 Å². The molecule has 1 heterocycles. The minimum Gasteiger partial charge on any atom is -0.321 e. The van der Waals surface area contributed by atoms with Crippen molar-refractivity contribution in [2.45, 2.75) is 4.90 Å². The third kappa shape index (κ3) is 3.57. The smallest absolute Gasteiger partial charge is 0.255 e. The van der Waals surface area contributed by atoms with Crippen LogP contribution in [0.3, 0.4) is 0 Å². The monoisotopic (exact) mass is 325 g/mol. The number of benzene rings is 1. The Balaban J connectivity index is 2.35. The number of carbonyl (C=O) groups is 1. The third-order valence-electron chi connectivity index (χ3n) is 2.68. The lowest BCUT2D eigenvalue weighted by molar-refractivity contribution is 0.102. The van der Waals surface area contributed by atoms with Gasteiger partial charge in [-0.1, -0.05) is 23.7 Å². The predicted molar refractivity (Wildman–Crippen MR) is 79.9 cm³/mol. The van der Waals surface area contributed by atoms with Crippen LogP contribution in [-0.4, -0.2) is 26.4 Å². The van der Waals surface area contributed by atoms with Crippen LogP contribution in [0.2, 0.25) is 5.15 Å². The lowest BCUT2D eigenvalue weighted by Crippen LogP contribution is -2.21. The van der Waals surface area contributed by atoms with Gasteiger partial charge in [0.25, 0.3) is 5.91 Å². The van der Waals surface area contributed by atoms with Crippen molar-refractivity contribution >= 4 is 33.2 Å². The number of para-hydroxylation sites is 1. The summed E-state index contributed by atoms with van der Waals surface area (Å²) in [6.07, 6.45) is 1.40. The molecular weight excluding hydrogens is 314 g/mol. The Morgan fingerprint density at radius 2 is 1.95 bits per heavy atom. The minimum absolute atomic E-state index is 0.0130. The van der Waals surface area contributed by atoms with Crippen molar-refractivity contribution in [1.82, 2.24) is 9.71 Å². The summed E-state index contributed by atoms with van der Waals surface area (Å²) in [7, 11) is -2.37. The van der Waals surface area contributed by atoms with Crippen molar-refractivity contribution < 1.29 is 13.2 Å². The fraction of sp³-hybridized carbons (Fsp3) is 0.0769. The molecule has 0 spiro atoms. The van der Waals surface area contributed by atoms with Gasteiger partial charge in [-0.3, -0.25) is 4.79 Å². The molecule has 0 saturated carbocycles. The van der Waals surface area contributed by atoms with Crippen LogP contribution >= 0.6 is 11.6 Å². The zero-order chi connectivity index (χ0) is 15.5. The molecule has 1 aromatic carbocycles. The summed E-state index contributed by atoms with van der Waals surface area (Å²) in [4.78, 5) is 15.9. The van der Waals surface area contributed by atoms with Crippen LogP contribution in [0.5, 0.6) is 0 Å². The number of aromatic nitrogens is 1. The number of amides is 1. The first-order chi connectivity index (χ1) is 9.94. The largest absolute Gasteiger partial charge is 0.321 e. The normalized spacial score (nSPS) is 11.1. The van der Waals surface area contributed by atoms with Gasteiger partial charge in [0.1, 0.15) is 10.0 Å². The summed E-state index contributed by atoms with van der Waals surface area (Å²) in [6.45, 7) is 0. The Kier molecular flexibility index (Phi) is 4.56. The van der Waals surface area contributed by atoms with Crippen molar-refractivity contribution in [1.29, 1.82) is 0 Å². The molecule has 0 radical (unpaired) electrons. The number of hydrogen-bond donors (Lipinski definition) is 2. The quantitative estimate of drug-likeness (QED) is 0.840. The Labute approximate surface area is 127 Å². The van der Waals surface area contributed by atoms with E-state index in [-0.39, 0.29) is 21.3 Å². The molecule has 0 fully saturated rings. The van der Waals surface area contributed by atoms with Crippen LogP contribution < -0.4 is 10.0 Å². The SMILES string of the molecule is CNS(=O)(=O)c1ccccc1NC(=O)c1ccnc(Cl)c1. The van der Waals surface area contributed by atoms with E-state index in [0.29, 0.717) is 0 Å². The Morgan fingerprint density at radius 3 is 2.62 bits per heavy atom. The number of nitrogens with zero attached hydrogens (tertiary/aromatic N) is 1. The highest BCUT2D eigenvalue weighted by Crippen LogP contribution is 2.21. The first kappa shape index (κ1) is 15.4. The van der Waals surface area contributed by atoms with E-state index < -0.39 is 15.9 Å². The van der Waals surface area contributed by atoms with E-state index in [1.54, 1.807) is 12.1 Å². The fourth-order valence-corrected chi connectivity index (χ4v) is 2.71. The van der Waals surface area contributed by atoms with Gasteiger partial charge in [0.05, 0.1) is 5.69 Å². The predicted octanol–water partition coefficient (Wildman–Crippen LogP) is 1.90. The maximum Gasteiger partial charge on any atom is 0.255 e. The van der Waals surface area contributed by atoms with E-state index in [9.17, 15) is 13.2 Å². The maximum atomic E-state index is 12.1. The molecule has 0 aliphatic carbocycles. The van der Waals surface area contributed by atoms with Crippen molar-refractivity contribution in [3.63, 3.8) is 0 Å². The molecule has 0 aliphatic rings. The van der Waals surface area contributed by atoms with Crippen molar-refractivity contribution in [3.05, 3.63) is 53.3 Å². The molecule has 2 aromatic rings. The number of rotatable bonds is 4. The Hall–Kier alpha value is -1.96. The standard InChI is InChI=1S/C13H12ClN3O3S/c1-15-21(19,20)11-5-3-2-4-10(11)17-13(18)9-6-7-16-12(14)8-9/h2-8,15H,1H3,(H,17,18). The van der Waals surface area contributed by atoms with Crippen LogP contribution in [0.25, 0.3) is 0 Å². The van der Waals surface area contributed by atoms with Crippen LogP contribution in [0.4, 0.5) is 5.69 Å². The molecule has 0 unspecified atom stereocenters. The molecule has 2 N–H and O–H groups in total. The molecule has 21 heavy (non-hydrogen) atoms. The summed E-state index contributed by atoms with van der Waals surface area (Å²) in [5.74, 6) is -0.474. The first-order valence-electron chi connectivity index (χ1n) is 5.89. The molecular formula is C13H12ClN3O3S. The van der Waals surface area contributed by atoms with Gasteiger partial charge < -0.3 is 5.32 Å². The van der Waals surface area contributed by atoms with E-state index in [0.717, 1.165) is 0 Å². The maximum absolute atomic E-state index is 12.1. The molecule has 1 aromatic heterocycles. The number of hydrogen-bond acceptors (Lipinski definition) is 4. The van der Waals surface area contributed by atoms with Gasteiger partial charge >= 0.3 is 0 Å². The zero-order valence-electron chi connectivity index (χ0n) is 11.0. The van der Waals surface area contributed by atoms with Crippen molar-refractivity contribution in [2.75, 3.05) is 12.4 Å². The highest BCUT2D eigenvalue weighted by molar-refractivity contribution is 7.89. The molecule has 110 valence electrons. The summed E-state index contributed by atoms with van der Waals surface area (Å²) in [6, 6.07) is 8.99. The van der Waals surface area contributed by atoms with Gasteiger partial charge in [-0.2, -0.15) is 0 Å². The van der Waals surface area contributed by atoms with E-state index in [4.69, 9.17) is 11.6 Å². The van der Waals surface area contributed by atoms with Crippen LogP contribution in [0.1, 0.15) is 10.4 Å². The second-order valence-electron chi connectivity index (χ2n) is 4.03. The average molecular weight is 326 g/mol.